The Morgan fingerprint density at radius 2 is 1.95 bits per heavy atom. The zero-order valence-electron chi connectivity index (χ0n) is 12.3. The van der Waals surface area contributed by atoms with Gasteiger partial charge in [0.15, 0.2) is 0 Å². The molecule has 0 fully saturated rings. The number of hydrogen-bond donors (Lipinski definition) is 2. The van der Waals surface area contributed by atoms with E-state index in [-0.39, 0.29) is 6.04 Å². The molecular formula is C17H25N3. The van der Waals surface area contributed by atoms with Crippen molar-refractivity contribution in [1.82, 2.24) is 10.4 Å². The smallest absolute Gasteiger partial charge is 0.0705 e. The van der Waals surface area contributed by atoms with Gasteiger partial charge in [-0.2, -0.15) is 0 Å². The van der Waals surface area contributed by atoms with Crippen LogP contribution in [0.4, 0.5) is 0 Å². The third-order valence-corrected chi connectivity index (χ3v) is 3.85. The van der Waals surface area contributed by atoms with E-state index in [1.165, 1.54) is 43.1 Å². The standard InChI is InChI=1S/C17H25N3/c1-2-3-4-5-6-11-17(20-18)15-9-7-12-16-14(15)10-8-13-19-16/h7-10,12-13,17,20H,2-6,11,18H2,1H3. The molecule has 3 nitrogen and oxygen atoms in total. The van der Waals surface area contributed by atoms with E-state index in [9.17, 15) is 0 Å². The summed E-state index contributed by atoms with van der Waals surface area (Å²) < 4.78 is 0. The molecule has 3 N–H and O–H groups in total. The summed E-state index contributed by atoms with van der Waals surface area (Å²) in [5.41, 5.74) is 5.27. The van der Waals surface area contributed by atoms with Crippen LogP contribution in [-0.4, -0.2) is 4.98 Å². The van der Waals surface area contributed by atoms with Crippen molar-refractivity contribution in [3.63, 3.8) is 0 Å². The van der Waals surface area contributed by atoms with Crippen LogP contribution < -0.4 is 11.3 Å². The van der Waals surface area contributed by atoms with Crippen LogP contribution in [-0.2, 0) is 0 Å². The van der Waals surface area contributed by atoms with Crippen molar-refractivity contribution in [2.24, 2.45) is 5.84 Å². The molecule has 0 aliphatic heterocycles. The molecule has 108 valence electrons. The fourth-order valence-corrected chi connectivity index (χ4v) is 2.71. The molecule has 0 bridgehead atoms. The zero-order chi connectivity index (χ0) is 14.2. The van der Waals surface area contributed by atoms with Crippen LogP contribution in [0.1, 0.15) is 57.1 Å². The highest BCUT2D eigenvalue weighted by Gasteiger charge is 2.12. The predicted molar refractivity (Wildman–Crippen MR) is 85.2 cm³/mol. The molecule has 0 aliphatic carbocycles. The number of benzene rings is 1. The van der Waals surface area contributed by atoms with E-state index >= 15 is 0 Å². The molecule has 1 aromatic carbocycles. The molecular weight excluding hydrogens is 246 g/mol. The van der Waals surface area contributed by atoms with Crippen molar-refractivity contribution in [2.45, 2.75) is 51.5 Å². The molecule has 20 heavy (non-hydrogen) atoms. The lowest BCUT2D eigenvalue weighted by Crippen LogP contribution is -2.28. The first-order chi connectivity index (χ1) is 9.86. The van der Waals surface area contributed by atoms with Crippen molar-refractivity contribution in [3.05, 3.63) is 42.1 Å². The van der Waals surface area contributed by atoms with E-state index in [0.717, 1.165) is 11.9 Å². The summed E-state index contributed by atoms with van der Waals surface area (Å²) in [4.78, 5) is 4.41. The van der Waals surface area contributed by atoms with Crippen LogP contribution in [0, 0.1) is 0 Å². The van der Waals surface area contributed by atoms with E-state index in [1.54, 1.807) is 0 Å². The first kappa shape index (κ1) is 14.9. The molecule has 0 saturated heterocycles. The second-order valence-electron chi connectivity index (χ2n) is 5.34. The maximum Gasteiger partial charge on any atom is 0.0705 e. The van der Waals surface area contributed by atoms with E-state index in [1.807, 2.05) is 18.3 Å². The van der Waals surface area contributed by atoms with Gasteiger partial charge in [-0.25, -0.2) is 0 Å². The predicted octanol–water partition coefficient (Wildman–Crippen LogP) is 4.10. The summed E-state index contributed by atoms with van der Waals surface area (Å²) in [6.45, 7) is 2.24. The Morgan fingerprint density at radius 3 is 2.75 bits per heavy atom. The molecule has 1 aromatic heterocycles. The van der Waals surface area contributed by atoms with E-state index < -0.39 is 0 Å². The van der Waals surface area contributed by atoms with Crippen LogP contribution >= 0.6 is 0 Å². The maximum atomic E-state index is 5.77. The van der Waals surface area contributed by atoms with Gasteiger partial charge in [0.05, 0.1) is 5.52 Å². The first-order valence-corrected chi connectivity index (χ1v) is 7.66. The highest BCUT2D eigenvalue weighted by molar-refractivity contribution is 5.82. The van der Waals surface area contributed by atoms with Gasteiger partial charge in [0.1, 0.15) is 0 Å². The number of rotatable bonds is 8. The topological polar surface area (TPSA) is 50.9 Å². The number of nitrogens with zero attached hydrogens (tertiary/aromatic N) is 1. The SMILES string of the molecule is CCCCCCCC(NN)c1cccc2ncccc12. The summed E-state index contributed by atoms with van der Waals surface area (Å²) in [7, 11) is 0. The molecule has 0 aliphatic rings. The summed E-state index contributed by atoms with van der Waals surface area (Å²) in [6.07, 6.45) is 9.36. The summed E-state index contributed by atoms with van der Waals surface area (Å²) in [5.74, 6) is 5.77. The molecule has 1 heterocycles. The average molecular weight is 271 g/mol. The molecule has 1 unspecified atom stereocenters. The number of fused-ring (bicyclic) bond motifs is 1. The molecule has 0 saturated carbocycles. The molecule has 0 spiro atoms. The van der Waals surface area contributed by atoms with Crippen LogP contribution in [0.2, 0.25) is 0 Å². The first-order valence-electron chi connectivity index (χ1n) is 7.66. The van der Waals surface area contributed by atoms with Crippen molar-refractivity contribution in [1.29, 1.82) is 0 Å². The third kappa shape index (κ3) is 3.78. The van der Waals surface area contributed by atoms with Gasteiger partial charge >= 0.3 is 0 Å². The normalized spacial score (nSPS) is 12.7. The van der Waals surface area contributed by atoms with Crippen molar-refractivity contribution in [3.8, 4) is 0 Å². The molecule has 3 heteroatoms. The van der Waals surface area contributed by atoms with Gasteiger partial charge in [0, 0.05) is 17.6 Å². The Balaban J connectivity index is 2.05. The number of nitrogens with one attached hydrogen (secondary N) is 1. The van der Waals surface area contributed by atoms with Crippen LogP contribution in [0.5, 0.6) is 0 Å². The van der Waals surface area contributed by atoms with Gasteiger partial charge in [0.25, 0.3) is 0 Å². The Kier molecular flexibility index (Phi) is 5.96. The Labute approximate surface area is 121 Å². The van der Waals surface area contributed by atoms with E-state index in [0.29, 0.717) is 0 Å². The summed E-state index contributed by atoms with van der Waals surface area (Å²) in [5, 5.41) is 1.20. The maximum absolute atomic E-state index is 5.77. The van der Waals surface area contributed by atoms with Crippen molar-refractivity contribution in [2.75, 3.05) is 0 Å². The molecule has 0 radical (unpaired) electrons. The number of nitrogens with two attached hydrogens (primary N) is 1. The minimum absolute atomic E-state index is 0.213. The van der Waals surface area contributed by atoms with Crippen molar-refractivity contribution < 1.29 is 0 Å². The summed E-state index contributed by atoms with van der Waals surface area (Å²) >= 11 is 0. The van der Waals surface area contributed by atoms with Gasteiger partial charge in [-0.15, -0.1) is 0 Å². The summed E-state index contributed by atoms with van der Waals surface area (Å²) in [6, 6.07) is 10.6. The molecule has 0 amide bonds. The third-order valence-electron chi connectivity index (χ3n) is 3.85. The highest BCUT2D eigenvalue weighted by Crippen LogP contribution is 2.26. The second kappa shape index (κ2) is 7.98. The molecule has 2 aromatic rings. The Morgan fingerprint density at radius 1 is 1.10 bits per heavy atom. The van der Waals surface area contributed by atoms with Gasteiger partial charge in [0.2, 0.25) is 0 Å². The number of aromatic nitrogens is 1. The Bertz CT molecular complexity index is 519. The highest BCUT2D eigenvalue weighted by atomic mass is 15.2. The van der Waals surface area contributed by atoms with Crippen molar-refractivity contribution >= 4 is 10.9 Å². The monoisotopic (exact) mass is 271 g/mol. The van der Waals surface area contributed by atoms with Crippen LogP contribution in [0.15, 0.2) is 36.5 Å². The van der Waals surface area contributed by atoms with Gasteiger partial charge in [-0.05, 0) is 24.1 Å². The second-order valence-corrected chi connectivity index (χ2v) is 5.34. The number of pyridine rings is 1. The number of hydrazine groups is 1. The van der Waals surface area contributed by atoms with E-state index in [4.69, 9.17) is 5.84 Å². The van der Waals surface area contributed by atoms with Gasteiger partial charge in [-0.3, -0.25) is 16.3 Å². The average Bonchev–Trinajstić information content (AvgIpc) is 2.51. The largest absolute Gasteiger partial charge is 0.271 e. The zero-order valence-corrected chi connectivity index (χ0v) is 12.3. The lowest BCUT2D eigenvalue weighted by Gasteiger charge is -2.18. The number of unbranched alkanes of at least 4 members (excludes halogenated alkanes) is 4. The fourth-order valence-electron chi connectivity index (χ4n) is 2.71. The molecule has 1 atom stereocenters. The van der Waals surface area contributed by atoms with E-state index in [2.05, 4.69) is 35.5 Å². The van der Waals surface area contributed by atoms with Crippen LogP contribution in [0.3, 0.4) is 0 Å². The lowest BCUT2D eigenvalue weighted by atomic mass is 9.97. The minimum atomic E-state index is 0.213. The lowest BCUT2D eigenvalue weighted by molar-refractivity contribution is 0.481. The van der Waals surface area contributed by atoms with Gasteiger partial charge in [-0.1, -0.05) is 57.2 Å². The minimum Gasteiger partial charge on any atom is -0.271 e. The Hall–Kier alpha value is -1.45. The van der Waals surface area contributed by atoms with Crippen LogP contribution in [0.25, 0.3) is 10.9 Å². The fraction of sp³-hybridized carbons (Fsp3) is 0.471. The number of hydrogen-bond acceptors (Lipinski definition) is 3. The van der Waals surface area contributed by atoms with Gasteiger partial charge < -0.3 is 0 Å². The molecule has 2 rings (SSSR count). The quantitative estimate of drug-likeness (QED) is 0.432.